The van der Waals surface area contributed by atoms with E-state index < -0.39 is 0 Å². The molecule has 0 radical (unpaired) electrons. The van der Waals surface area contributed by atoms with Crippen molar-refractivity contribution in [1.29, 1.82) is 0 Å². The molecule has 1 atom stereocenters. The van der Waals surface area contributed by atoms with Gasteiger partial charge in [-0.15, -0.1) is 0 Å². The van der Waals surface area contributed by atoms with Crippen LogP contribution in [-0.4, -0.2) is 16.1 Å². The Hall–Kier alpha value is -2.30. The molecule has 4 N–H and O–H groups in total. The van der Waals surface area contributed by atoms with Crippen LogP contribution in [0.15, 0.2) is 30.5 Å². The number of aromatic nitrogens is 2. The van der Waals surface area contributed by atoms with Gasteiger partial charge in [-0.25, -0.2) is 0 Å². The first kappa shape index (κ1) is 12.2. The number of nitrogens with two attached hydrogens (primary N) is 1. The van der Waals surface area contributed by atoms with Gasteiger partial charge in [-0.05, 0) is 31.5 Å². The van der Waals surface area contributed by atoms with Gasteiger partial charge >= 0.3 is 0 Å². The van der Waals surface area contributed by atoms with Gasteiger partial charge in [0.2, 0.25) is 0 Å². The second-order valence-corrected chi connectivity index (χ2v) is 4.27. The van der Waals surface area contributed by atoms with Crippen molar-refractivity contribution in [2.75, 3.05) is 5.73 Å². The van der Waals surface area contributed by atoms with E-state index in [9.17, 15) is 4.79 Å². The lowest BCUT2D eigenvalue weighted by molar-refractivity contribution is 0.0939. The number of nitrogens with one attached hydrogen (secondary N) is 2. The lowest BCUT2D eigenvalue weighted by atomic mass is 10.1. The van der Waals surface area contributed by atoms with Crippen LogP contribution < -0.4 is 11.1 Å². The van der Waals surface area contributed by atoms with Crippen LogP contribution >= 0.6 is 0 Å². The summed E-state index contributed by atoms with van der Waals surface area (Å²) in [6, 6.07) is 7.38. The minimum absolute atomic E-state index is 0.102. The monoisotopic (exact) mass is 244 g/mol. The van der Waals surface area contributed by atoms with Crippen LogP contribution in [0, 0.1) is 6.92 Å². The molecule has 1 amide bonds. The molecule has 0 spiro atoms. The van der Waals surface area contributed by atoms with Gasteiger partial charge in [0.15, 0.2) is 0 Å². The zero-order valence-electron chi connectivity index (χ0n) is 10.4. The number of aryl methyl sites for hydroxylation is 1. The van der Waals surface area contributed by atoms with Crippen molar-refractivity contribution in [2.24, 2.45) is 0 Å². The number of nitrogens with zero attached hydrogens (tertiary/aromatic N) is 1. The van der Waals surface area contributed by atoms with Crippen molar-refractivity contribution in [3.8, 4) is 0 Å². The Morgan fingerprint density at radius 1 is 1.50 bits per heavy atom. The first-order valence-electron chi connectivity index (χ1n) is 5.74. The molecule has 0 saturated heterocycles. The molecule has 1 unspecified atom stereocenters. The largest absolute Gasteiger partial charge is 0.399 e. The Morgan fingerprint density at radius 2 is 2.28 bits per heavy atom. The zero-order valence-corrected chi connectivity index (χ0v) is 10.4. The van der Waals surface area contributed by atoms with E-state index in [4.69, 9.17) is 5.73 Å². The normalized spacial score (nSPS) is 12.1. The van der Waals surface area contributed by atoms with E-state index in [1.54, 1.807) is 0 Å². The SMILES string of the molecule is Cc1[nH]ncc1C(=O)NC(C)c1cccc(N)c1. The number of hydrogen-bond donors (Lipinski definition) is 3. The molecule has 2 aromatic rings. The van der Waals surface area contributed by atoms with Crippen molar-refractivity contribution < 1.29 is 4.79 Å². The Morgan fingerprint density at radius 3 is 2.89 bits per heavy atom. The fourth-order valence-corrected chi connectivity index (χ4v) is 1.77. The lowest BCUT2D eigenvalue weighted by Gasteiger charge is -2.14. The van der Waals surface area contributed by atoms with E-state index in [1.807, 2.05) is 38.1 Å². The Bertz CT molecular complexity index is 562. The fourth-order valence-electron chi connectivity index (χ4n) is 1.77. The summed E-state index contributed by atoms with van der Waals surface area (Å²) in [6.07, 6.45) is 1.52. The highest BCUT2D eigenvalue weighted by Gasteiger charge is 2.14. The van der Waals surface area contributed by atoms with E-state index in [1.165, 1.54) is 6.20 Å². The minimum atomic E-state index is -0.142. The average Bonchev–Trinajstić information content (AvgIpc) is 2.75. The maximum absolute atomic E-state index is 12.0. The van der Waals surface area contributed by atoms with Gasteiger partial charge in [-0.3, -0.25) is 9.89 Å². The topological polar surface area (TPSA) is 83.8 Å². The highest BCUT2D eigenvalue weighted by molar-refractivity contribution is 5.95. The standard InChI is InChI=1S/C13H16N4O/c1-8(10-4-3-5-11(14)6-10)16-13(18)12-7-15-17-9(12)2/h3-8H,14H2,1-2H3,(H,15,17)(H,16,18). The van der Waals surface area contributed by atoms with Crippen LogP contribution in [0.3, 0.4) is 0 Å². The molecule has 5 nitrogen and oxygen atoms in total. The summed E-state index contributed by atoms with van der Waals surface area (Å²) in [6.45, 7) is 3.73. The summed E-state index contributed by atoms with van der Waals surface area (Å²) in [7, 11) is 0. The smallest absolute Gasteiger partial charge is 0.255 e. The maximum atomic E-state index is 12.0. The summed E-state index contributed by atoms with van der Waals surface area (Å²) in [5, 5.41) is 9.48. The summed E-state index contributed by atoms with van der Waals surface area (Å²) in [5.74, 6) is -0.142. The molecule has 94 valence electrons. The first-order chi connectivity index (χ1) is 8.58. The molecule has 0 bridgehead atoms. The molecular formula is C13H16N4O. The van der Waals surface area contributed by atoms with Gasteiger partial charge in [0, 0.05) is 11.4 Å². The van der Waals surface area contributed by atoms with Gasteiger partial charge in [-0.2, -0.15) is 5.10 Å². The second kappa shape index (κ2) is 4.91. The molecule has 0 aliphatic carbocycles. The van der Waals surface area contributed by atoms with Crippen LogP contribution in [0.4, 0.5) is 5.69 Å². The molecule has 18 heavy (non-hydrogen) atoms. The fraction of sp³-hybridized carbons (Fsp3) is 0.231. The number of rotatable bonds is 3. The van der Waals surface area contributed by atoms with E-state index in [0.29, 0.717) is 11.3 Å². The van der Waals surface area contributed by atoms with E-state index >= 15 is 0 Å². The van der Waals surface area contributed by atoms with Crippen molar-refractivity contribution in [1.82, 2.24) is 15.5 Å². The van der Waals surface area contributed by atoms with E-state index in [2.05, 4.69) is 15.5 Å². The molecule has 1 aromatic heterocycles. The summed E-state index contributed by atoms with van der Waals surface area (Å²) < 4.78 is 0. The highest BCUT2D eigenvalue weighted by atomic mass is 16.1. The van der Waals surface area contributed by atoms with Crippen molar-refractivity contribution >= 4 is 11.6 Å². The number of anilines is 1. The van der Waals surface area contributed by atoms with Crippen LogP contribution in [0.1, 0.15) is 34.6 Å². The Kier molecular flexibility index (Phi) is 3.32. The summed E-state index contributed by atoms with van der Waals surface area (Å²) >= 11 is 0. The molecular weight excluding hydrogens is 228 g/mol. The number of H-pyrrole nitrogens is 1. The van der Waals surface area contributed by atoms with E-state index in [0.717, 1.165) is 11.3 Å². The third kappa shape index (κ3) is 2.51. The number of nitrogen functional groups attached to an aromatic ring is 1. The molecule has 5 heteroatoms. The van der Waals surface area contributed by atoms with Crippen molar-refractivity contribution in [2.45, 2.75) is 19.9 Å². The zero-order chi connectivity index (χ0) is 13.1. The number of benzene rings is 1. The van der Waals surface area contributed by atoms with Crippen LogP contribution in [0.25, 0.3) is 0 Å². The first-order valence-corrected chi connectivity index (χ1v) is 5.74. The predicted molar refractivity (Wildman–Crippen MR) is 70.1 cm³/mol. The van der Waals surface area contributed by atoms with Gasteiger partial charge in [0.05, 0.1) is 17.8 Å². The number of amides is 1. The Labute approximate surface area is 105 Å². The van der Waals surface area contributed by atoms with Gasteiger partial charge in [-0.1, -0.05) is 12.1 Å². The second-order valence-electron chi connectivity index (χ2n) is 4.27. The average molecular weight is 244 g/mol. The molecule has 2 rings (SSSR count). The van der Waals surface area contributed by atoms with E-state index in [-0.39, 0.29) is 11.9 Å². The van der Waals surface area contributed by atoms with Crippen LogP contribution in [0.2, 0.25) is 0 Å². The maximum Gasteiger partial charge on any atom is 0.255 e. The third-order valence-corrected chi connectivity index (χ3v) is 2.83. The number of aromatic amines is 1. The molecule has 0 saturated carbocycles. The number of carbonyl (C=O) groups excluding carboxylic acids is 1. The van der Waals surface area contributed by atoms with Crippen LogP contribution in [0.5, 0.6) is 0 Å². The predicted octanol–water partition coefficient (Wildman–Crippen LogP) is 1.79. The quantitative estimate of drug-likeness (QED) is 0.720. The Balaban J connectivity index is 2.10. The minimum Gasteiger partial charge on any atom is -0.399 e. The summed E-state index contributed by atoms with van der Waals surface area (Å²) in [5.41, 5.74) is 8.70. The van der Waals surface area contributed by atoms with Crippen molar-refractivity contribution in [3.05, 3.63) is 47.3 Å². The highest BCUT2D eigenvalue weighted by Crippen LogP contribution is 2.16. The molecule has 1 aromatic carbocycles. The number of hydrogen-bond acceptors (Lipinski definition) is 3. The van der Waals surface area contributed by atoms with Gasteiger partial charge < -0.3 is 11.1 Å². The molecule has 0 aliphatic rings. The lowest BCUT2D eigenvalue weighted by Crippen LogP contribution is -2.26. The third-order valence-electron chi connectivity index (χ3n) is 2.83. The molecule has 0 aliphatic heterocycles. The molecule has 1 heterocycles. The van der Waals surface area contributed by atoms with Crippen LogP contribution in [-0.2, 0) is 0 Å². The van der Waals surface area contributed by atoms with Gasteiger partial charge in [0.1, 0.15) is 0 Å². The van der Waals surface area contributed by atoms with Gasteiger partial charge in [0.25, 0.3) is 5.91 Å². The summed E-state index contributed by atoms with van der Waals surface area (Å²) in [4.78, 5) is 12.0. The molecule has 0 fully saturated rings. The van der Waals surface area contributed by atoms with Crippen molar-refractivity contribution in [3.63, 3.8) is 0 Å². The number of carbonyl (C=O) groups is 1.